The standard InChI is InChI=1S/C12H25N3O2/c1-9(6-5-7-13)12(17)15(4)8-10(2)11(16)14-3/h9-10H,5-8,13H2,1-4H3,(H,14,16). The largest absolute Gasteiger partial charge is 0.359 e. The van der Waals surface area contributed by atoms with Crippen molar-refractivity contribution < 1.29 is 9.59 Å². The molecule has 2 atom stereocenters. The second-order valence-corrected chi connectivity index (χ2v) is 4.57. The number of hydrogen-bond acceptors (Lipinski definition) is 3. The van der Waals surface area contributed by atoms with Crippen molar-refractivity contribution in [2.45, 2.75) is 26.7 Å². The van der Waals surface area contributed by atoms with E-state index in [1.807, 2.05) is 13.8 Å². The minimum atomic E-state index is -0.185. The van der Waals surface area contributed by atoms with E-state index in [-0.39, 0.29) is 23.7 Å². The minimum absolute atomic E-state index is 0.0274. The van der Waals surface area contributed by atoms with E-state index in [0.717, 1.165) is 12.8 Å². The molecule has 100 valence electrons. The first-order chi connectivity index (χ1) is 7.93. The lowest BCUT2D eigenvalue weighted by molar-refractivity contribution is -0.135. The van der Waals surface area contributed by atoms with Crippen LogP contribution in [0.25, 0.3) is 0 Å². The van der Waals surface area contributed by atoms with Crippen molar-refractivity contribution in [3.63, 3.8) is 0 Å². The average Bonchev–Trinajstić information content (AvgIpc) is 2.33. The Bertz CT molecular complexity index is 256. The Balaban J connectivity index is 4.16. The van der Waals surface area contributed by atoms with Crippen LogP contribution >= 0.6 is 0 Å². The van der Waals surface area contributed by atoms with E-state index >= 15 is 0 Å². The van der Waals surface area contributed by atoms with Crippen LogP contribution in [0.2, 0.25) is 0 Å². The van der Waals surface area contributed by atoms with Crippen LogP contribution in [0.1, 0.15) is 26.7 Å². The summed E-state index contributed by atoms with van der Waals surface area (Å²) in [5.41, 5.74) is 5.41. The average molecular weight is 243 g/mol. The number of amides is 2. The molecule has 0 aliphatic heterocycles. The van der Waals surface area contributed by atoms with Gasteiger partial charge in [-0.25, -0.2) is 0 Å². The van der Waals surface area contributed by atoms with E-state index in [4.69, 9.17) is 5.73 Å². The number of carbonyl (C=O) groups excluding carboxylic acids is 2. The van der Waals surface area contributed by atoms with Crippen LogP contribution in [0, 0.1) is 11.8 Å². The van der Waals surface area contributed by atoms with Crippen molar-refractivity contribution in [2.75, 3.05) is 27.2 Å². The molecule has 0 aliphatic carbocycles. The van der Waals surface area contributed by atoms with Gasteiger partial charge in [0.25, 0.3) is 0 Å². The van der Waals surface area contributed by atoms with Gasteiger partial charge >= 0.3 is 0 Å². The summed E-state index contributed by atoms with van der Waals surface area (Å²) >= 11 is 0. The SMILES string of the molecule is CNC(=O)C(C)CN(C)C(=O)C(C)CCCN. The third-order valence-corrected chi connectivity index (χ3v) is 2.88. The zero-order chi connectivity index (χ0) is 13.4. The predicted molar refractivity (Wildman–Crippen MR) is 68.3 cm³/mol. The molecule has 5 heteroatoms. The van der Waals surface area contributed by atoms with Crippen molar-refractivity contribution in [3.05, 3.63) is 0 Å². The first-order valence-corrected chi connectivity index (χ1v) is 6.10. The fourth-order valence-corrected chi connectivity index (χ4v) is 1.75. The number of nitrogens with one attached hydrogen (secondary N) is 1. The fraction of sp³-hybridized carbons (Fsp3) is 0.833. The summed E-state index contributed by atoms with van der Waals surface area (Å²) < 4.78 is 0. The highest BCUT2D eigenvalue weighted by Crippen LogP contribution is 2.10. The number of carbonyl (C=O) groups is 2. The van der Waals surface area contributed by atoms with Gasteiger partial charge in [0, 0.05) is 26.6 Å². The van der Waals surface area contributed by atoms with Crippen molar-refractivity contribution in [1.82, 2.24) is 10.2 Å². The molecule has 0 spiro atoms. The number of nitrogens with zero attached hydrogens (tertiary/aromatic N) is 1. The van der Waals surface area contributed by atoms with Crippen LogP contribution < -0.4 is 11.1 Å². The second kappa shape index (κ2) is 8.06. The molecule has 0 fully saturated rings. The van der Waals surface area contributed by atoms with Gasteiger partial charge in [-0.05, 0) is 19.4 Å². The van der Waals surface area contributed by atoms with Crippen LogP contribution in [0.4, 0.5) is 0 Å². The van der Waals surface area contributed by atoms with E-state index in [2.05, 4.69) is 5.32 Å². The smallest absolute Gasteiger partial charge is 0.225 e. The molecular weight excluding hydrogens is 218 g/mol. The van der Waals surface area contributed by atoms with Crippen LogP contribution in [-0.2, 0) is 9.59 Å². The van der Waals surface area contributed by atoms with Gasteiger partial charge in [-0.3, -0.25) is 9.59 Å². The highest BCUT2D eigenvalue weighted by molar-refractivity contribution is 5.81. The minimum Gasteiger partial charge on any atom is -0.359 e. The highest BCUT2D eigenvalue weighted by Gasteiger charge is 2.20. The van der Waals surface area contributed by atoms with Gasteiger partial charge in [-0.1, -0.05) is 13.8 Å². The number of nitrogens with two attached hydrogens (primary N) is 1. The van der Waals surface area contributed by atoms with Gasteiger partial charge in [0.15, 0.2) is 0 Å². The third-order valence-electron chi connectivity index (χ3n) is 2.88. The maximum Gasteiger partial charge on any atom is 0.225 e. The fourth-order valence-electron chi connectivity index (χ4n) is 1.75. The molecule has 0 heterocycles. The monoisotopic (exact) mass is 243 g/mol. The van der Waals surface area contributed by atoms with E-state index in [1.165, 1.54) is 0 Å². The summed E-state index contributed by atoms with van der Waals surface area (Å²) in [7, 11) is 3.34. The molecule has 3 N–H and O–H groups in total. The van der Waals surface area contributed by atoms with Crippen LogP contribution in [0.3, 0.4) is 0 Å². The normalized spacial score (nSPS) is 13.9. The van der Waals surface area contributed by atoms with Gasteiger partial charge in [0.1, 0.15) is 0 Å². The zero-order valence-electron chi connectivity index (χ0n) is 11.3. The molecule has 0 rings (SSSR count). The molecule has 0 aromatic heterocycles. The topological polar surface area (TPSA) is 75.4 Å². The molecule has 0 radical (unpaired) electrons. The van der Waals surface area contributed by atoms with Gasteiger partial charge in [-0.2, -0.15) is 0 Å². The van der Waals surface area contributed by atoms with E-state index in [1.54, 1.807) is 19.0 Å². The molecule has 2 amide bonds. The molecule has 0 aromatic rings. The summed E-state index contributed by atoms with van der Waals surface area (Å²) in [4.78, 5) is 24.9. The zero-order valence-corrected chi connectivity index (χ0v) is 11.3. The van der Waals surface area contributed by atoms with E-state index in [9.17, 15) is 9.59 Å². The first kappa shape index (κ1) is 15.9. The Labute approximate surface area is 104 Å². The quantitative estimate of drug-likeness (QED) is 0.671. The van der Waals surface area contributed by atoms with Gasteiger partial charge < -0.3 is 16.0 Å². The summed E-state index contributed by atoms with van der Waals surface area (Å²) in [6.07, 6.45) is 1.65. The molecule has 0 bridgehead atoms. The summed E-state index contributed by atoms with van der Waals surface area (Å²) in [5.74, 6) is -0.176. The Morgan fingerprint density at radius 3 is 2.35 bits per heavy atom. The Morgan fingerprint density at radius 1 is 1.29 bits per heavy atom. The molecule has 0 saturated carbocycles. The van der Waals surface area contributed by atoms with Crippen LogP contribution in [0.15, 0.2) is 0 Å². The lowest BCUT2D eigenvalue weighted by Crippen LogP contribution is -2.39. The van der Waals surface area contributed by atoms with Crippen molar-refractivity contribution >= 4 is 11.8 Å². The van der Waals surface area contributed by atoms with Crippen LogP contribution in [0.5, 0.6) is 0 Å². The Kier molecular flexibility index (Phi) is 7.54. The van der Waals surface area contributed by atoms with Crippen molar-refractivity contribution in [1.29, 1.82) is 0 Å². The maximum atomic E-state index is 11.9. The molecule has 0 aromatic carbocycles. The van der Waals surface area contributed by atoms with Crippen LogP contribution in [-0.4, -0.2) is 43.9 Å². The predicted octanol–water partition coefficient (Wildman–Crippen LogP) is 0.202. The van der Waals surface area contributed by atoms with E-state index in [0.29, 0.717) is 13.1 Å². The Hall–Kier alpha value is -1.10. The highest BCUT2D eigenvalue weighted by atomic mass is 16.2. The first-order valence-electron chi connectivity index (χ1n) is 6.10. The molecule has 0 saturated heterocycles. The molecular formula is C12H25N3O2. The van der Waals surface area contributed by atoms with Gasteiger partial charge in [-0.15, -0.1) is 0 Å². The summed E-state index contributed by atoms with van der Waals surface area (Å²) in [6.45, 7) is 4.77. The molecule has 2 unspecified atom stereocenters. The number of hydrogen-bond donors (Lipinski definition) is 2. The van der Waals surface area contributed by atoms with Crippen molar-refractivity contribution in [3.8, 4) is 0 Å². The van der Waals surface area contributed by atoms with Gasteiger partial charge in [0.05, 0.1) is 5.92 Å². The summed E-state index contributed by atoms with van der Waals surface area (Å²) in [5, 5.41) is 2.58. The maximum absolute atomic E-state index is 11.9. The lowest BCUT2D eigenvalue weighted by Gasteiger charge is -2.23. The molecule has 0 aliphatic rings. The second-order valence-electron chi connectivity index (χ2n) is 4.57. The number of rotatable bonds is 7. The Morgan fingerprint density at radius 2 is 1.88 bits per heavy atom. The lowest BCUT2D eigenvalue weighted by atomic mass is 10.0. The third kappa shape index (κ3) is 5.68. The van der Waals surface area contributed by atoms with E-state index < -0.39 is 0 Å². The molecule has 5 nitrogen and oxygen atoms in total. The molecule has 17 heavy (non-hydrogen) atoms. The van der Waals surface area contributed by atoms with Gasteiger partial charge in [0.2, 0.25) is 11.8 Å². The van der Waals surface area contributed by atoms with Crippen molar-refractivity contribution in [2.24, 2.45) is 17.6 Å². The summed E-state index contributed by atoms with van der Waals surface area (Å²) in [6, 6.07) is 0.